The van der Waals surface area contributed by atoms with E-state index in [1.807, 2.05) is 64.8 Å². The highest BCUT2D eigenvalue weighted by atomic mass is 16.6. The maximum absolute atomic E-state index is 13.1. The summed E-state index contributed by atoms with van der Waals surface area (Å²) in [4.78, 5) is 45.9. The van der Waals surface area contributed by atoms with Crippen LogP contribution in [0.25, 0.3) is 33.6 Å². The molecule has 1 saturated carbocycles. The number of aliphatic hydroxyl groups excluding tert-OH is 1. The third-order valence-electron chi connectivity index (χ3n) is 9.70. The van der Waals surface area contributed by atoms with Gasteiger partial charge in [0.25, 0.3) is 0 Å². The van der Waals surface area contributed by atoms with Crippen molar-refractivity contribution in [2.45, 2.75) is 96.6 Å². The van der Waals surface area contributed by atoms with Gasteiger partial charge in [0, 0.05) is 18.7 Å². The zero-order chi connectivity index (χ0) is 34.7. The summed E-state index contributed by atoms with van der Waals surface area (Å²) in [5, 5.41) is 10.2. The molecule has 3 N–H and O–H groups in total. The van der Waals surface area contributed by atoms with Crippen LogP contribution in [0.4, 0.5) is 9.59 Å². The van der Waals surface area contributed by atoms with Crippen molar-refractivity contribution < 1.29 is 24.2 Å². The van der Waals surface area contributed by atoms with Gasteiger partial charge in [0.15, 0.2) is 0 Å². The van der Waals surface area contributed by atoms with E-state index in [0.717, 1.165) is 59.5 Å². The van der Waals surface area contributed by atoms with Gasteiger partial charge in [-0.2, -0.15) is 0 Å². The molecule has 4 heterocycles. The molecule has 0 unspecified atom stereocenters. The number of nitrogens with one attached hydrogen (secondary N) is 2. The molecule has 2 aromatic carbocycles. The zero-order valence-corrected chi connectivity index (χ0v) is 29.2. The van der Waals surface area contributed by atoms with E-state index in [9.17, 15) is 14.7 Å². The first-order valence-corrected chi connectivity index (χ1v) is 17.2. The minimum atomic E-state index is -0.581. The molecule has 2 aromatic heterocycles. The Bertz CT molecular complexity index is 1850. The van der Waals surface area contributed by atoms with Crippen molar-refractivity contribution in [3.05, 3.63) is 72.1 Å². The van der Waals surface area contributed by atoms with E-state index >= 15 is 0 Å². The molecule has 0 bridgehead atoms. The number of hydrogen-bond acceptors (Lipinski definition) is 7. The Morgan fingerprint density at radius 2 is 1.47 bits per heavy atom. The quantitative estimate of drug-likeness (QED) is 0.193. The molecule has 0 spiro atoms. The van der Waals surface area contributed by atoms with Crippen LogP contribution < -0.4 is 0 Å². The predicted molar refractivity (Wildman–Crippen MR) is 185 cm³/mol. The summed E-state index contributed by atoms with van der Waals surface area (Å²) in [6.07, 6.45) is 4.69. The van der Waals surface area contributed by atoms with Gasteiger partial charge in [-0.25, -0.2) is 19.6 Å². The summed E-state index contributed by atoms with van der Waals surface area (Å²) in [6.45, 7) is 12.4. The summed E-state index contributed by atoms with van der Waals surface area (Å²) in [5.74, 6) is 1.81. The van der Waals surface area contributed by atoms with Gasteiger partial charge in [-0.05, 0) is 89.8 Å². The molecule has 49 heavy (non-hydrogen) atoms. The van der Waals surface area contributed by atoms with E-state index in [4.69, 9.17) is 14.5 Å². The number of piperidine rings is 1. The first kappa shape index (κ1) is 32.9. The third kappa shape index (κ3) is 6.32. The fourth-order valence-corrected chi connectivity index (χ4v) is 7.33. The number of aliphatic hydroxyl groups is 1. The number of nitrogens with zero attached hydrogens (tertiary/aromatic N) is 4. The first-order valence-electron chi connectivity index (χ1n) is 17.2. The smallest absolute Gasteiger partial charge is 0.411 e. The number of aromatic nitrogens is 4. The van der Waals surface area contributed by atoms with Crippen molar-refractivity contribution in [1.29, 1.82) is 0 Å². The highest BCUT2D eigenvalue weighted by Gasteiger charge is 2.67. The molecule has 2 saturated heterocycles. The molecule has 2 amide bonds. The zero-order valence-electron chi connectivity index (χ0n) is 29.2. The average Bonchev–Trinajstić information content (AvgIpc) is 3.61. The summed E-state index contributed by atoms with van der Waals surface area (Å²) < 4.78 is 11.4. The van der Waals surface area contributed by atoms with Crippen molar-refractivity contribution in [3.63, 3.8) is 0 Å². The second-order valence-electron chi connectivity index (χ2n) is 15.5. The number of hydrogen-bond donors (Lipinski definition) is 3. The average molecular weight is 667 g/mol. The van der Waals surface area contributed by atoms with E-state index in [2.05, 4.69) is 51.4 Å². The van der Waals surface area contributed by atoms with Crippen LogP contribution in [0.5, 0.6) is 0 Å². The number of carbonyl (C=O) groups excluding carboxylic acids is 2. The molecular formula is C38H46N6O5. The van der Waals surface area contributed by atoms with Crippen LogP contribution in [0.15, 0.2) is 54.7 Å². The molecule has 3 atom stereocenters. The van der Waals surface area contributed by atoms with E-state index in [0.29, 0.717) is 36.2 Å². The lowest BCUT2D eigenvalue weighted by molar-refractivity contribution is 0.0160. The van der Waals surface area contributed by atoms with Gasteiger partial charge in [-0.3, -0.25) is 9.80 Å². The minimum Gasteiger partial charge on any atom is -0.444 e. The lowest BCUT2D eigenvalue weighted by atomic mass is 10.0. The standard InChI is InChI=1S/C38H46N6O5/c1-36(2,3)48-34(46)43-18-7-8-30(43)32-39-21-28(40-32)25-13-9-23(10-14-25)24-11-15-26(16-12-24)31-29(22-45)41-33(42-31)38-20-27(38)17-19-44(38)35(47)49-37(4,5)6/h9-16,21,27,30,45H,7-8,17-20,22H2,1-6H3,(H,39,40)(H,41,42)/t27-,30-,38+/m0/s1. The Labute approximate surface area is 287 Å². The number of aromatic amines is 2. The van der Waals surface area contributed by atoms with Crippen molar-refractivity contribution in [3.8, 4) is 33.6 Å². The molecule has 7 rings (SSSR count). The van der Waals surface area contributed by atoms with Crippen molar-refractivity contribution >= 4 is 12.2 Å². The van der Waals surface area contributed by atoms with Crippen LogP contribution >= 0.6 is 0 Å². The lowest BCUT2D eigenvalue weighted by Crippen LogP contribution is -2.42. The molecule has 4 aromatic rings. The number of H-pyrrole nitrogens is 2. The van der Waals surface area contributed by atoms with E-state index < -0.39 is 16.7 Å². The largest absolute Gasteiger partial charge is 0.444 e. The SMILES string of the molecule is CC(C)(C)OC(=O)N1CCC[C@H]1c1ncc(-c2ccc(-c3ccc(-c4nc([C@@]56C[C@@H]5CCN6C(=O)OC(C)(C)C)[nH]c4CO)cc3)cc2)[nH]1. The Hall–Kier alpha value is -4.64. The van der Waals surface area contributed by atoms with Gasteiger partial charge >= 0.3 is 12.2 Å². The Morgan fingerprint density at radius 3 is 2.08 bits per heavy atom. The van der Waals surface area contributed by atoms with Crippen LogP contribution in [0.2, 0.25) is 0 Å². The number of imidazole rings is 2. The molecule has 1 aliphatic carbocycles. The molecular weight excluding hydrogens is 620 g/mol. The number of amides is 2. The van der Waals surface area contributed by atoms with Gasteiger partial charge in [-0.1, -0.05) is 48.5 Å². The normalized spacial score (nSPS) is 21.9. The summed E-state index contributed by atoms with van der Waals surface area (Å²) >= 11 is 0. The lowest BCUT2D eigenvalue weighted by Gasteiger charge is -2.30. The Kier molecular flexibility index (Phi) is 8.09. The monoisotopic (exact) mass is 666 g/mol. The van der Waals surface area contributed by atoms with Crippen LogP contribution in [0.3, 0.4) is 0 Å². The summed E-state index contributed by atoms with van der Waals surface area (Å²) in [5.41, 5.74) is 4.59. The van der Waals surface area contributed by atoms with E-state index in [1.165, 1.54) is 0 Å². The predicted octanol–water partition coefficient (Wildman–Crippen LogP) is 7.55. The number of likely N-dealkylation sites (tertiary alicyclic amines) is 2. The van der Waals surface area contributed by atoms with Crippen LogP contribution in [-0.4, -0.2) is 71.3 Å². The highest BCUT2D eigenvalue weighted by molar-refractivity contribution is 5.74. The molecule has 258 valence electrons. The summed E-state index contributed by atoms with van der Waals surface area (Å²) in [6, 6.07) is 16.3. The second-order valence-corrected chi connectivity index (χ2v) is 15.5. The fourth-order valence-electron chi connectivity index (χ4n) is 7.33. The molecule has 3 fully saturated rings. The summed E-state index contributed by atoms with van der Waals surface area (Å²) in [7, 11) is 0. The molecule has 11 nitrogen and oxygen atoms in total. The van der Waals surface area contributed by atoms with Crippen LogP contribution in [0, 0.1) is 5.92 Å². The van der Waals surface area contributed by atoms with Gasteiger partial charge in [0.2, 0.25) is 0 Å². The van der Waals surface area contributed by atoms with Gasteiger partial charge in [0.1, 0.15) is 28.4 Å². The molecule has 2 aliphatic heterocycles. The van der Waals surface area contributed by atoms with Gasteiger partial charge < -0.3 is 24.5 Å². The van der Waals surface area contributed by atoms with Gasteiger partial charge in [0.05, 0.1) is 35.9 Å². The number of rotatable bonds is 6. The van der Waals surface area contributed by atoms with Crippen molar-refractivity contribution in [2.75, 3.05) is 13.1 Å². The fraction of sp³-hybridized carbons (Fsp3) is 0.474. The molecule has 11 heteroatoms. The van der Waals surface area contributed by atoms with Gasteiger partial charge in [-0.15, -0.1) is 0 Å². The number of fused-ring (bicyclic) bond motifs is 1. The third-order valence-corrected chi connectivity index (χ3v) is 9.70. The van der Waals surface area contributed by atoms with Crippen LogP contribution in [0.1, 0.15) is 90.6 Å². The van der Waals surface area contributed by atoms with Crippen molar-refractivity contribution in [2.24, 2.45) is 5.92 Å². The number of carbonyl (C=O) groups is 2. The maximum atomic E-state index is 13.1. The topological polar surface area (TPSA) is 137 Å². The molecule has 3 aliphatic rings. The maximum Gasteiger partial charge on any atom is 0.411 e. The van der Waals surface area contributed by atoms with Crippen LogP contribution in [-0.2, 0) is 21.6 Å². The van der Waals surface area contributed by atoms with E-state index in [1.54, 1.807) is 4.90 Å². The number of ether oxygens (including phenoxy) is 2. The highest BCUT2D eigenvalue weighted by Crippen LogP contribution is 2.62. The molecule has 0 radical (unpaired) electrons. The Balaban J connectivity index is 1.06. The van der Waals surface area contributed by atoms with Crippen molar-refractivity contribution in [1.82, 2.24) is 29.7 Å². The minimum absolute atomic E-state index is 0.134. The first-order chi connectivity index (χ1) is 23.3. The number of benzene rings is 2. The van der Waals surface area contributed by atoms with E-state index in [-0.39, 0.29) is 24.8 Å². The Morgan fingerprint density at radius 1 is 0.857 bits per heavy atom. The second kappa shape index (κ2) is 12.0.